The van der Waals surface area contributed by atoms with Gasteiger partial charge in [-0.2, -0.15) is 17.5 Å². The molecule has 5 nitrogen and oxygen atoms in total. The summed E-state index contributed by atoms with van der Waals surface area (Å²) in [5.74, 6) is 0.802. The second kappa shape index (κ2) is 8.00. The van der Waals surface area contributed by atoms with E-state index in [1.165, 1.54) is 4.31 Å². The summed E-state index contributed by atoms with van der Waals surface area (Å²) in [5, 5.41) is 3.13. The Morgan fingerprint density at radius 3 is 1.94 bits per heavy atom. The quantitative estimate of drug-likeness (QED) is 0.398. The lowest BCUT2D eigenvalue weighted by Gasteiger charge is -2.35. The Hall–Kier alpha value is -3.17. The SMILES string of the molecule is O=S(=O)(c1ccc(C(F)(F)F)cc1)N1CCN(c2nc3ccccc3c3ccccc23)CC1. The fraction of sp³-hybridized carbons (Fsp3) is 0.208. The van der Waals surface area contributed by atoms with E-state index in [-0.39, 0.29) is 18.0 Å². The molecular formula is C24H20F3N3O2S. The second-order valence-electron chi connectivity index (χ2n) is 7.91. The number of alkyl halides is 3. The number of piperazine rings is 1. The van der Waals surface area contributed by atoms with Crippen molar-refractivity contribution in [3.05, 3.63) is 78.4 Å². The smallest absolute Gasteiger partial charge is 0.353 e. The Kier molecular flexibility index (Phi) is 5.25. The molecule has 3 aromatic carbocycles. The van der Waals surface area contributed by atoms with Crippen LogP contribution in [0, 0.1) is 0 Å². The van der Waals surface area contributed by atoms with Gasteiger partial charge < -0.3 is 4.90 Å². The van der Waals surface area contributed by atoms with Crippen molar-refractivity contribution in [2.75, 3.05) is 31.1 Å². The van der Waals surface area contributed by atoms with Crippen LogP contribution < -0.4 is 4.90 Å². The van der Waals surface area contributed by atoms with Gasteiger partial charge in [-0.15, -0.1) is 0 Å². The molecule has 1 saturated heterocycles. The Bertz CT molecular complexity index is 1430. The molecule has 1 fully saturated rings. The summed E-state index contributed by atoms with van der Waals surface area (Å²) in [7, 11) is -3.89. The van der Waals surface area contributed by atoms with E-state index in [0.717, 1.165) is 51.8 Å². The van der Waals surface area contributed by atoms with Crippen LogP contribution in [0.2, 0.25) is 0 Å². The first-order valence-corrected chi connectivity index (χ1v) is 11.9. The average molecular weight is 472 g/mol. The Labute approximate surface area is 189 Å². The number of pyridine rings is 1. The third-order valence-corrected chi connectivity index (χ3v) is 7.86. The van der Waals surface area contributed by atoms with Crippen molar-refractivity contribution in [2.24, 2.45) is 0 Å². The van der Waals surface area contributed by atoms with Crippen LogP contribution in [-0.2, 0) is 16.2 Å². The van der Waals surface area contributed by atoms with Crippen LogP contribution in [0.4, 0.5) is 19.0 Å². The molecule has 2 heterocycles. The van der Waals surface area contributed by atoms with Crippen LogP contribution in [0.1, 0.15) is 5.56 Å². The molecule has 33 heavy (non-hydrogen) atoms. The molecule has 5 rings (SSSR count). The zero-order chi connectivity index (χ0) is 23.2. The third-order valence-electron chi connectivity index (χ3n) is 5.95. The first kappa shape index (κ1) is 21.7. The molecule has 1 aromatic heterocycles. The molecule has 4 aromatic rings. The van der Waals surface area contributed by atoms with E-state index in [0.29, 0.717) is 13.1 Å². The molecule has 1 aliphatic heterocycles. The molecule has 9 heteroatoms. The number of halogens is 3. The van der Waals surface area contributed by atoms with Gasteiger partial charge in [0.05, 0.1) is 16.0 Å². The Morgan fingerprint density at radius 2 is 1.30 bits per heavy atom. The molecule has 0 N–H and O–H groups in total. The summed E-state index contributed by atoms with van der Waals surface area (Å²) in [6, 6.07) is 19.5. The van der Waals surface area contributed by atoms with Crippen LogP contribution >= 0.6 is 0 Å². The number of hydrogen-bond donors (Lipinski definition) is 0. The number of anilines is 1. The van der Waals surface area contributed by atoms with Gasteiger partial charge in [0.15, 0.2) is 0 Å². The fourth-order valence-corrected chi connectivity index (χ4v) is 5.65. The number of nitrogens with zero attached hydrogens (tertiary/aromatic N) is 3. The van der Waals surface area contributed by atoms with Gasteiger partial charge >= 0.3 is 6.18 Å². The summed E-state index contributed by atoms with van der Waals surface area (Å²) >= 11 is 0. The summed E-state index contributed by atoms with van der Waals surface area (Å²) < 4.78 is 65.7. The van der Waals surface area contributed by atoms with Crippen LogP contribution in [0.3, 0.4) is 0 Å². The molecule has 0 atom stereocenters. The lowest BCUT2D eigenvalue weighted by Crippen LogP contribution is -2.49. The third kappa shape index (κ3) is 3.91. The van der Waals surface area contributed by atoms with Crippen molar-refractivity contribution in [2.45, 2.75) is 11.1 Å². The molecule has 0 unspecified atom stereocenters. The van der Waals surface area contributed by atoms with Crippen LogP contribution in [-0.4, -0.2) is 43.9 Å². The van der Waals surface area contributed by atoms with Crippen molar-refractivity contribution < 1.29 is 21.6 Å². The van der Waals surface area contributed by atoms with E-state index in [1.54, 1.807) is 0 Å². The first-order valence-electron chi connectivity index (χ1n) is 10.4. The Balaban J connectivity index is 1.40. The monoisotopic (exact) mass is 471 g/mol. The molecular weight excluding hydrogens is 451 g/mol. The number of fused-ring (bicyclic) bond motifs is 3. The van der Waals surface area contributed by atoms with E-state index in [9.17, 15) is 21.6 Å². The summed E-state index contributed by atoms with van der Waals surface area (Å²) in [6.45, 7) is 1.28. The lowest BCUT2D eigenvalue weighted by atomic mass is 10.1. The van der Waals surface area contributed by atoms with E-state index < -0.39 is 21.8 Å². The van der Waals surface area contributed by atoms with Gasteiger partial charge in [-0.25, -0.2) is 13.4 Å². The largest absolute Gasteiger partial charge is 0.416 e. The molecule has 0 saturated carbocycles. The number of rotatable bonds is 3. The summed E-state index contributed by atoms with van der Waals surface area (Å²) in [4.78, 5) is 6.78. The number of aromatic nitrogens is 1. The van der Waals surface area contributed by atoms with Crippen LogP contribution in [0.25, 0.3) is 21.7 Å². The lowest BCUT2D eigenvalue weighted by molar-refractivity contribution is -0.137. The highest BCUT2D eigenvalue weighted by Crippen LogP contribution is 2.33. The highest BCUT2D eigenvalue weighted by atomic mass is 32.2. The highest BCUT2D eigenvalue weighted by molar-refractivity contribution is 7.89. The molecule has 0 amide bonds. The number of sulfonamides is 1. The zero-order valence-electron chi connectivity index (χ0n) is 17.5. The van der Waals surface area contributed by atoms with E-state index >= 15 is 0 Å². The predicted molar refractivity (Wildman–Crippen MR) is 122 cm³/mol. The average Bonchev–Trinajstić information content (AvgIpc) is 2.83. The maximum Gasteiger partial charge on any atom is 0.416 e. The normalized spacial score (nSPS) is 15.9. The van der Waals surface area contributed by atoms with Crippen LogP contribution in [0.5, 0.6) is 0 Å². The van der Waals surface area contributed by atoms with Gasteiger partial charge in [0.1, 0.15) is 5.82 Å². The van der Waals surface area contributed by atoms with Crippen molar-refractivity contribution >= 4 is 37.5 Å². The summed E-state index contributed by atoms with van der Waals surface area (Å²) in [6.07, 6.45) is -4.51. The standard InChI is InChI=1S/C24H20F3N3O2S/c25-24(26,27)17-9-11-18(12-10-17)33(31,32)30-15-13-29(14-16-30)23-21-7-2-1-5-19(21)20-6-3-4-8-22(20)28-23/h1-12H,13-16H2. The van der Waals surface area contributed by atoms with E-state index in [2.05, 4.69) is 4.90 Å². The molecule has 170 valence electrons. The Morgan fingerprint density at radius 1 is 0.727 bits per heavy atom. The van der Waals surface area contributed by atoms with Gasteiger partial charge in [0, 0.05) is 37.0 Å². The highest BCUT2D eigenvalue weighted by Gasteiger charge is 2.33. The van der Waals surface area contributed by atoms with Gasteiger partial charge in [0.25, 0.3) is 0 Å². The van der Waals surface area contributed by atoms with E-state index in [4.69, 9.17) is 4.98 Å². The number of para-hydroxylation sites is 1. The minimum atomic E-state index is -4.51. The maximum absolute atomic E-state index is 13.0. The molecule has 0 aliphatic carbocycles. The second-order valence-corrected chi connectivity index (χ2v) is 9.85. The maximum atomic E-state index is 13.0. The summed E-state index contributed by atoms with van der Waals surface area (Å²) in [5.41, 5.74) is -0.00784. The van der Waals surface area contributed by atoms with Crippen molar-refractivity contribution in [3.63, 3.8) is 0 Å². The van der Waals surface area contributed by atoms with Crippen LogP contribution in [0.15, 0.2) is 77.7 Å². The van der Waals surface area contributed by atoms with Gasteiger partial charge in [-0.1, -0.05) is 42.5 Å². The first-order chi connectivity index (χ1) is 15.7. The fourth-order valence-electron chi connectivity index (χ4n) is 4.23. The zero-order valence-corrected chi connectivity index (χ0v) is 18.3. The van der Waals surface area contributed by atoms with Crippen molar-refractivity contribution in [1.29, 1.82) is 0 Å². The minimum absolute atomic E-state index is 0.141. The van der Waals surface area contributed by atoms with Crippen molar-refractivity contribution in [1.82, 2.24) is 9.29 Å². The number of hydrogen-bond acceptors (Lipinski definition) is 4. The van der Waals surface area contributed by atoms with Crippen molar-refractivity contribution in [3.8, 4) is 0 Å². The molecule has 0 bridgehead atoms. The predicted octanol–water partition coefficient (Wildman–Crippen LogP) is 4.92. The molecule has 1 aliphatic rings. The molecule has 0 spiro atoms. The van der Waals surface area contributed by atoms with Gasteiger partial charge in [-0.3, -0.25) is 0 Å². The van der Waals surface area contributed by atoms with Gasteiger partial charge in [0.2, 0.25) is 10.0 Å². The topological polar surface area (TPSA) is 53.5 Å². The van der Waals surface area contributed by atoms with Gasteiger partial charge in [-0.05, 0) is 35.7 Å². The van der Waals surface area contributed by atoms with E-state index in [1.807, 2.05) is 48.5 Å². The number of benzene rings is 3. The minimum Gasteiger partial charge on any atom is -0.353 e. The molecule has 0 radical (unpaired) electrons.